The molecule has 0 radical (unpaired) electrons. The van der Waals surface area contributed by atoms with Crippen molar-refractivity contribution in [2.24, 2.45) is 0 Å². The zero-order valence-corrected chi connectivity index (χ0v) is 10.4. The number of aryl methyl sites for hydroxylation is 1. The molecule has 2 bridgehead atoms. The largest absolute Gasteiger partial charge is 0.507 e. The summed E-state index contributed by atoms with van der Waals surface area (Å²) < 4.78 is 5.09. The molecule has 1 aromatic rings. The van der Waals surface area contributed by atoms with Crippen molar-refractivity contribution in [1.82, 2.24) is 0 Å². The molecular formula is C14H18O4. The molecule has 4 nitrogen and oxygen atoms in total. The van der Waals surface area contributed by atoms with Gasteiger partial charge in [0.25, 0.3) is 0 Å². The Morgan fingerprint density at radius 2 is 1.56 bits per heavy atom. The van der Waals surface area contributed by atoms with Crippen LogP contribution in [-0.4, -0.2) is 10.9 Å². The summed E-state index contributed by atoms with van der Waals surface area (Å²) in [6.07, 6.45) is 6.98. The van der Waals surface area contributed by atoms with E-state index in [1.54, 1.807) is 0 Å². The maximum atomic E-state index is 11.8. The third kappa shape index (κ3) is 3.00. The van der Waals surface area contributed by atoms with Crippen LogP contribution in [-0.2, 0) is 6.42 Å². The highest BCUT2D eigenvalue weighted by Gasteiger charge is 2.18. The van der Waals surface area contributed by atoms with Crippen LogP contribution in [0.2, 0.25) is 0 Å². The van der Waals surface area contributed by atoms with Gasteiger partial charge in [0.1, 0.15) is 17.1 Å². The lowest BCUT2D eigenvalue weighted by molar-refractivity contribution is 0.0972. The molecule has 0 unspecified atom stereocenters. The van der Waals surface area contributed by atoms with Gasteiger partial charge < -0.3 is 9.52 Å². The van der Waals surface area contributed by atoms with Gasteiger partial charge in [0.2, 0.25) is 0 Å². The summed E-state index contributed by atoms with van der Waals surface area (Å²) in [6, 6.07) is 1.41. The van der Waals surface area contributed by atoms with E-state index in [9.17, 15) is 14.7 Å². The molecule has 0 saturated heterocycles. The van der Waals surface area contributed by atoms with E-state index in [0.717, 1.165) is 38.5 Å². The number of fused-ring (bicyclic) bond motifs is 10. The molecule has 0 saturated carbocycles. The number of hydrogen-bond acceptors (Lipinski definition) is 4. The van der Waals surface area contributed by atoms with Crippen LogP contribution in [0.1, 0.15) is 61.1 Å². The van der Waals surface area contributed by atoms with E-state index in [1.807, 2.05) is 0 Å². The van der Waals surface area contributed by atoms with Gasteiger partial charge in [0, 0.05) is 18.9 Å². The summed E-state index contributed by atoms with van der Waals surface area (Å²) in [5.41, 5.74) is -0.882. The molecule has 1 aliphatic heterocycles. The van der Waals surface area contributed by atoms with Crippen molar-refractivity contribution in [1.29, 1.82) is 0 Å². The Morgan fingerprint density at radius 3 is 2.22 bits per heavy atom. The molecule has 2 heterocycles. The first kappa shape index (κ1) is 12.9. The lowest BCUT2D eigenvalue weighted by atomic mass is 10.0. The maximum Gasteiger partial charge on any atom is 0.350 e. The Balaban J connectivity index is 2.32. The quantitative estimate of drug-likeness (QED) is 0.768. The molecule has 4 heteroatoms. The van der Waals surface area contributed by atoms with E-state index in [2.05, 4.69) is 0 Å². The molecular weight excluding hydrogens is 232 g/mol. The molecule has 1 aromatic heterocycles. The fourth-order valence-electron chi connectivity index (χ4n) is 2.33. The normalized spacial score (nSPS) is 17.9. The Bertz CT molecular complexity index is 487. The van der Waals surface area contributed by atoms with Crippen LogP contribution < -0.4 is 5.63 Å². The molecule has 3 rings (SSSR count). The minimum absolute atomic E-state index is 0.182. The SMILES string of the molecule is O=C1CCCCCCCCc2cc(O)c1c(=O)o2. The second-order valence-electron chi connectivity index (χ2n) is 4.80. The van der Waals surface area contributed by atoms with Crippen molar-refractivity contribution >= 4 is 5.78 Å². The van der Waals surface area contributed by atoms with Crippen molar-refractivity contribution in [3.63, 3.8) is 0 Å². The Labute approximate surface area is 106 Å². The number of rotatable bonds is 0. The maximum absolute atomic E-state index is 11.8. The third-order valence-corrected chi connectivity index (χ3v) is 3.34. The minimum atomic E-state index is -0.700. The summed E-state index contributed by atoms with van der Waals surface area (Å²) in [5.74, 6) is -0.0779. The van der Waals surface area contributed by atoms with Crippen LogP contribution in [0.3, 0.4) is 0 Å². The van der Waals surface area contributed by atoms with E-state index in [0.29, 0.717) is 18.6 Å². The number of carbonyl (C=O) groups excluding carboxylic acids is 1. The number of carbonyl (C=O) groups is 1. The van der Waals surface area contributed by atoms with Gasteiger partial charge in [-0.3, -0.25) is 4.79 Å². The Morgan fingerprint density at radius 1 is 0.944 bits per heavy atom. The molecule has 98 valence electrons. The van der Waals surface area contributed by atoms with E-state index >= 15 is 0 Å². The van der Waals surface area contributed by atoms with Gasteiger partial charge in [0.15, 0.2) is 5.78 Å². The van der Waals surface area contributed by atoms with Crippen molar-refractivity contribution in [3.05, 3.63) is 27.8 Å². The van der Waals surface area contributed by atoms with Crippen molar-refractivity contribution in [2.75, 3.05) is 0 Å². The van der Waals surface area contributed by atoms with Crippen LogP contribution in [0.4, 0.5) is 0 Å². The molecule has 0 spiro atoms. The van der Waals surface area contributed by atoms with Gasteiger partial charge in [-0.25, -0.2) is 4.79 Å². The van der Waals surface area contributed by atoms with Crippen LogP contribution in [0.5, 0.6) is 5.75 Å². The van der Waals surface area contributed by atoms with Crippen LogP contribution in [0.25, 0.3) is 0 Å². The van der Waals surface area contributed by atoms with E-state index in [1.165, 1.54) is 6.07 Å². The van der Waals surface area contributed by atoms with Crippen molar-refractivity contribution in [3.8, 4) is 5.75 Å². The standard InChI is InChI=1S/C14H18O4/c15-11-8-6-4-2-1-3-5-7-10-9-12(16)13(11)14(17)18-10/h9,16H,1-8H2. The fraction of sp³-hybridized carbons (Fsp3) is 0.571. The van der Waals surface area contributed by atoms with Crippen molar-refractivity contribution < 1.29 is 14.3 Å². The first-order valence-electron chi connectivity index (χ1n) is 6.57. The van der Waals surface area contributed by atoms with Gasteiger partial charge in [0.05, 0.1) is 0 Å². The summed E-state index contributed by atoms with van der Waals surface area (Å²) in [7, 11) is 0. The van der Waals surface area contributed by atoms with Crippen LogP contribution in [0, 0.1) is 0 Å². The number of aromatic hydroxyl groups is 1. The first-order valence-corrected chi connectivity index (χ1v) is 6.57. The van der Waals surface area contributed by atoms with E-state index in [-0.39, 0.29) is 17.1 Å². The predicted octanol–water partition coefficient (Wildman–Crippen LogP) is 2.81. The number of hydrogen-bond donors (Lipinski definition) is 1. The fourth-order valence-corrected chi connectivity index (χ4v) is 2.33. The van der Waals surface area contributed by atoms with Gasteiger partial charge >= 0.3 is 5.63 Å². The minimum Gasteiger partial charge on any atom is -0.507 e. The first-order chi connectivity index (χ1) is 8.68. The summed E-state index contributed by atoms with van der Waals surface area (Å²) in [4.78, 5) is 23.5. The molecule has 0 aromatic carbocycles. The smallest absolute Gasteiger partial charge is 0.350 e. The van der Waals surface area contributed by atoms with Gasteiger partial charge in [-0.2, -0.15) is 0 Å². The molecule has 0 amide bonds. The van der Waals surface area contributed by atoms with Gasteiger partial charge in [-0.15, -0.1) is 0 Å². The lowest BCUT2D eigenvalue weighted by Crippen LogP contribution is -2.15. The average molecular weight is 250 g/mol. The topological polar surface area (TPSA) is 67.5 Å². The Kier molecular flexibility index (Phi) is 4.18. The summed E-state index contributed by atoms with van der Waals surface area (Å²) in [5, 5.41) is 9.78. The highest BCUT2D eigenvalue weighted by atomic mass is 16.4. The second-order valence-corrected chi connectivity index (χ2v) is 4.80. The second kappa shape index (κ2) is 5.85. The molecule has 1 N–H and O–H groups in total. The van der Waals surface area contributed by atoms with Gasteiger partial charge in [-0.1, -0.05) is 25.7 Å². The summed E-state index contributed by atoms with van der Waals surface area (Å²) in [6.45, 7) is 0. The molecule has 18 heavy (non-hydrogen) atoms. The molecule has 1 aliphatic carbocycles. The highest BCUT2D eigenvalue weighted by molar-refractivity contribution is 5.97. The molecule has 0 atom stereocenters. The van der Waals surface area contributed by atoms with E-state index < -0.39 is 5.63 Å². The zero-order chi connectivity index (χ0) is 13.0. The molecule has 2 aliphatic rings. The lowest BCUT2D eigenvalue weighted by Gasteiger charge is -2.04. The predicted molar refractivity (Wildman–Crippen MR) is 67.0 cm³/mol. The van der Waals surface area contributed by atoms with Crippen molar-refractivity contribution in [2.45, 2.75) is 51.4 Å². The summed E-state index contributed by atoms with van der Waals surface area (Å²) >= 11 is 0. The van der Waals surface area contributed by atoms with Gasteiger partial charge in [-0.05, 0) is 12.8 Å². The monoisotopic (exact) mass is 250 g/mol. The Hall–Kier alpha value is -1.58. The van der Waals surface area contributed by atoms with Crippen LogP contribution >= 0.6 is 0 Å². The van der Waals surface area contributed by atoms with Crippen LogP contribution in [0.15, 0.2) is 15.3 Å². The molecule has 0 fully saturated rings. The average Bonchev–Trinajstić information content (AvgIpc) is 2.32. The third-order valence-electron chi connectivity index (χ3n) is 3.34. The zero-order valence-electron chi connectivity index (χ0n) is 10.4. The number of Topliss-reactive ketones (excluding diaryl/α,β-unsaturated/α-hetero) is 1. The highest BCUT2D eigenvalue weighted by Crippen LogP contribution is 2.20. The van der Waals surface area contributed by atoms with E-state index in [4.69, 9.17) is 4.42 Å². The number of ketones is 1.